The SMILES string of the molecule is CSc1c(-c2nnc(C3(c4ccc(Cl)cc4)CC3)s2)nn(-c2ccc(Cl)cc2Cl)c1-c1ccc(Cl)cc1. The number of thioether (sulfide) groups is 1. The van der Waals surface area contributed by atoms with Crippen molar-refractivity contribution in [2.24, 2.45) is 0 Å². The normalized spacial score (nSPS) is 14.2. The summed E-state index contributed by atoms with van der Waals surface area (Å²) in [7, 11) is 0. The van der Waals surface area contributed by atoms with Gasteiger partial charge in [0, 0.05) is 26.0 Å². The standard InChI is InChI=1S/C27H18Cl4N4S2/c1-36-24-22(25-32-33-26(37-25)27(12-13-27)16-4-8-18(29)9-5-16)34-35(21-11-10-19(30)14-20(21)31)23(24)15-2-6-17(28)7-3-15/h2-11,14H,12-13H2,1H3. The van der Waals surface area contributed by atoms with E-state index in [1.165, 1.54) is 5.56 Å². The molecule has 2 aromatic heterocycles. The number of nitrogens with zero attached hydrogens (tertiary/aromatic N) is 4. The summed E-state index contributed by atoms with van der Waals surface area (Å²) in [5.74, 6) is 0. The zero-order valence-corrected chi connectivity index (χ0v) is 24.0. The van der Waals surface area contributed by atoms with Gasteiger partial charge in [0.15, 0.2) is 5.01 Å². The van der Waals surface area contributed by atoms with Gasteiger partial charge in [0.25, 0.3) is 0 Å². The van der Waals surface area contributed by atoms with E-state index in [1.807, 2.05) is 53.4 Å². The summed E-state index contributed by atoms with van der Waals surface area (Å²) < 4.78 is 1.86. The van der Waals surface area contributed by atoms with Gasteiger partial charge in [-0.1, -0.05) is 82.0 Å². The molecule has 0 N–H and O–H groups in total. The molecule has 1 fully saturated rings. The minimum Gasteiger partial charge on any atom is -0.230 e. The summed E-state index contributed by atoms with van der Waals surface area (Å²) in [5, 5.41) is 18.5. The van der Waals surface area contributed by atoms with Crippen molar-refractivity contribution in [3.8, 4) is 27.6 Å². The van der Waals surface area contributed by atoms with Crippen LogP contribution in [0.1, 0.15) is 23.4 Å². The van der Waals surface area contributed by atoms with Crippen LogP contribution in [-0.2, 0) is 5.41 Å². The van der Waals surface area contributed by atoms with Crippen LogP contribution in [-0.4, -0.2) is 26.2 Å². The first-order valence-corrected chi connectivity index (χ1v) is 14.9. The predicted octanol–water partition coefficient (Wildman–Crippen LogP) is 9.47. The van der Waals surface area contributed by atoms with Crippen LogP contribution in [0.15, 0.2) is 71.6 Å². The highest BCUT2D eigenvalue weighted by atomic mass is 35.5. The lowest BCUT2D eigenvalue weighted by molar-refractivity contribution is 0.806. The Hall–Kier alpha value is -2.06. The molecule has 0 bridgehead atoms. The van der Waals surface area contributed by atoms with Crippen LogP contribution in [0, 0.1) is 0 Å². The molecule has 6 rings (SSSR count). The van der Waals surface area contributed by atoms with E-state index in [0.717, 1.165) is 55.4 Å². The molecule has 0 aliphatic heterocycles. The summed E-state index contributed by atoms with van der Waals surface area (Å²) in [4.78, 5) is 0.979. The Bertz CT molecular complexity index is 1610. The maximum absolute atomic E-state index is 6.64. The van der Waals surface area contributed by atoms with Gasteiger partial charge < -0.3 is 0 Å². The Morgan fingerprint density at radius 3 is 2.11 bits per heavy atom. The van der Waals surface area contributed by atoms with Crippen molar-refractivity contribution in [3.05, 3.63) is 97.4 Å². The molecular formula is C27H18Cl4N4S2. The smallest absolute Gasteiger partial charge is 0.169 e. The number of hydrogen-bond donors (Lipinski definition) is 0. The minimum atomic E-state index is -0.110. The molecule has 1 saturated carbocycles. The molecule has 0 unspecified atom stereocenters. The van der Waals surface area contributed by atoms with Crippen molar-refractivity contribution in [1.82, 2.24) is 20.0 Å². The van der Waals surface area contributed by atoms with Crippen molar-refractivity contribution in [3.63, 3.8) is 0 Å². The highest BCUT2D eigenvalue weighted by Gasteiger charge is 2.49. The van der Waals surface area contributed by atoms with E-state index in [4.69, 9.17) is 51.5 Å². The Morgan fingerprint density at radius 2 is 1.49 bits per heavy atom. The molecule has 1 aliphatic carbocycles. The Labute approximate surface area is 242 Å². The van der Waals surface area contributed by atoms with Gasteiger partial charge in [-0.2, -0.15) is 5.10 Å². The number of rotatable bonds is 6. The maximum Gasteiger partial charge on any atom is 0.169 e. The Morgan fingerprint density at radius 1 is 0.838 bits per heavy atom. The highest BCUT2D eigenvalue weighted by Crippen LogP contribution is 2.55. The summed E-state index contributed by atoms with van der Waals surface area (Å²) in [6, 6.07) is 21.1. The van der Waals surface area contributed by atoms with Gasteiger partial charge in [-0.25, -0.2) is 4.68 Å². The van der Waals surface area contributed by atoms with E-state index in [9.17, 15) is 0 Å². The minimum absolute atomic E-state index is 0.110. The second-order valence-electron chi connectivity index (χ2n) is 8.75. The average molecular weight is 604 g/mol. The van der Waals surface area contributed by atoms with Crippen LogP contribution in [0.3, 0.4) is 0 Å². The Balaban J connectivity index is 1.51. The average Bonchev–Trinajstić information content (AvgIpc) is 3.38. The van der Waals surface area contributed by atoms with Gasteiger partial charge in [0.1, 0.15) is 10.7 Å². The third kappa shape index (κ3) is 4.58. The molecule has 0 amide bonds. The van der Waals surface area contributed by atoms with Gasteiger partial charge in [-0.05, 0) is 67.1 Å². The number of halogens is 4. The van der Waals surface area contributed by atoms with E-state index < -0.39 is 0 Å². The van der Waals surface area contributed by atoms with Crippen molar-refractivity contribution in [2.45, 2.75) is 23.2 Å². The van der Waals surface area contributed by atoms with E-state index in [1.54, 1.807) is 35.2 Å². The molecule has 37 heavy (non-hydrogen) atoms. The zero-order chi connectivity index (χ0) is 25.7. The molecule has 1 aliphatic rings. The summed E-state index contributed by atoms with van der Waals surface area (Å²) in [5.41, 5.74) is 4.45. The highest BCUT2D eigenvalue weighted by molar-refractivity contribution is 7.98. The second kappa shape index (κ2) is 9.92. The first-order chi connectivity index (χ1) is 17.9. The summed E-state index contributed by atoms with van der Waals surface area (Å²) >= 11 is 28.4. The first kappa shape index (κ1) is 25.2. The predicted molar refractivity (Wildman–Crippen MR) is 156 cm³/mol. The Kier molecular flexibility index (Phi) is 6.76. The fourth-order valence-corrected chi connectivity index (χ4v) is 7.09. The van der Waals surface area contributed by atoms with Gasteiger partial charge >= 0.3 is 0 Å². The molecule has 186 valence electrons. The van der Waals surface area contributed by atoms with Crippen molar-refractivity contribution < 1.29 is 0 Å². The largest absolute Gasteiger partial charge is 0.230 e. The topological polar surface area (TPSA) is 43.6 Å². The van der Waals surface area contributed by atoms with Crippen molar-refractivity contribution in [2.75, 3.05) is 6.26 Å². The molecule has 0 radical (unpaired) electrons. The molecule has 3 aromatic carbocycles. The molecule has 10 heteroatoms. The molecular weight excluding hydrogens is 586 g/mol. The third-order valence-corrected chi connectivity index (χ3v) is 9.46. The van der Waals surface area contributed by atoms with Crippen molar-refractivity contribution >= 4 is 69.5 Å². The number of hydrogen-bond acceptors (Lipinski definition) is 5. The molecule has 0 saturated heterocycles. The van der Waals surface area contributed by atoms with Crippen LogP contribution in [0.4, 0.5) is 0 Å². The summed E-state index contributed by atoms with van der Waals surface area (Å²) in [6.07, 6.45) is 4.10. The zero-order valence-electron chi connectivity index (χ0n) is 19.4. The van der Waals surface area contributed by atoms with Crippen LogP contribution in [0.2, 0.25) is 20.1 Å². The van der Waals surface area contributed by atoms with E-state index >= 15 is 0 Å². The molecule has 0 spiro atoms. The fraction of sp³-hybridized carbons (Fsp3) is 0.148. The molecule has 0 atom stereocenters. The van der Waals surface area contributed by atoms with E-state index in [2.05, 4.69) is 22.3 Å². The monoisotopic (exact) mass is 602 g/mol. The lowest BCUT2D eigenvalue weighted by Gasteiger charge is -2.11. The van der Waals surface area contributed by atoms with Crippen LogP contribution >= 0.6 is 69.5 Å². The molecule has 2 heterocycles. The third-order valence-electron chi connectivity index (χ3n) is 6.49. The molecule has 4 nitrogen and oxygen atoms in total. The second-order valence-corrected chi connectivity index (χ2v) is 12.3. The molecule has 5 aromatic rings. The number of aromatic nitrogens is 4. The number of benzene rings is 3. The van der Waals surface area contributed by atoms with Crippen LogP contribution in [0.25, 0.3) is 27.6 Å². The quantitative estimate of drug-likeness (QED) is 0.181. The fourth-order valence-electron chi connectivity index (χ4n) is 4.46. The van der Waals surface area contributed by atoms with Gasteiger partial charge in [-0.3, -0.25) is 0 Å². The van der Waals surface area contributed by atoms with E-state index in [0.29, 0.717) is 15.1 Å². The lowest BCUT2D eigenvalue weighted by atomic mass is 9.97. The van der Waals surface area contributed by atoms with Gasteiger partial charge in [-0.15, -0.1) is 22.0 Å². The van der Waals surface area contributed by atoms with Crippen LogP contribution < -0.4 is 0 Å². The van der Waals surface area contributed by atoms with Gasteiger partial charge in [0.05, 0.1) is 21.3 Å². The maximum atomic E-state index is 6.64. The lowest BCUT2D eigenvalue weighted by Crippen LogP contribution is -2.07. The van der Waals surface area contributed by atoms with E-state index in [-0.39, 0.29) is 5.41 Å². The first-order valence-electron chi connectivity index (χ1n) is 11.4. The summed E-state index contributed by atoms with van der Waals surface area (Å²) in [6.45, 7) is 0. The van der Waals surface area contributed by atoms with Crippen molar-refractivity contribution in [1.29, 1.82) is 0 Å². The van der Waals surface area contributed by atoms with Crippen LogP contribution in [0.5, 0.6) is 0 Å². The van der Waals surface area contributed by atoms with Gasteiger partial charge in [0.2, 0.25) is 0 Å².